The molecule has 2 rings (SSSR count). The average Bonchev–Trinajstić information content (AvgIpc) is 2.48. The summed E-state index contributed by atoms with van der Waals surface area (Å²) in [6.07, 6.45) is 1.94. The van der Waals surface area contributed by atoms with Crippen LogP contribution < -0.4 is 5.32 Å². The molecule has 0 aromatic carbocycles. The van der Waals surface area contributed by atoms with Crippen LogP contribution in [0.5, 0.6) is 0 Å². The molecule has 0 amide bonds. The number of fused-ring (bicyclic) bond motifs is 1. The van der Waals surface area contributed by atoms with Gasteiger partial charge in [-0.3, -0.25) is 0 Å². The van der Waals surface area contributed by atoms with E-state index in [1.165, 1.54) is 11.8 Å². The molecule has 5 heteroatoms. The fourth-order valence-electron chi connectivity index (χ4n) is 1.44. The maximum atomic E-state index is 6.04. The number of hydrogen-bond acceptors (Lipinski definition) is 4. The van der Waals surface area contributed by atoms with Crippen LogP contribution >= 0.6 is 23.4 Å². The number of nitrogens with one attached hydrogen (secondary N) is 1. The molecule has 1 aliphatic rings. The lowest BCUT2D eigenvalue weighted by atomic mass is 10.1. The number of anilines is 1. The number of aromatic nitrogens is 2. The normalized spacial score (nSPS) is 19.8. The highest BCUT2D eigenvalue weighted by Crippen LogP contribution is 2.35. The zero-order valence-corrected chi connectivity index (χ0v) is 9.04. The number of thioether (sulfide) groups is 1. The third kappa shape index (κ3) is 1.48. The molecule has 0 spiro atoms. The largest absolute Gasteiger partial charge is 0.369 e. The summed E-state index contributed by atoms with van der Waals surface area (Å²) in [4.78, 5) is 8.53. The number of halogens is 1. The Morgan fingerprint density at radius 3 is 3.00 bits per heavy atom. The van der Waals surface area contributed by atoms with Gasteiger partial charge in [-0.1, -0.05) is 30.3 Å². The Morgan fingerprint density at radius 2 is 2.31 bits per heavy atom. The molecule has 0 bridgehead atoms. The first-order valence-corrected chi connectivity index (χ1v) is 5.68. The van der Waals surface area contributed by atoms with E-state index in [4.69, 9.17) is 11.6 Å². The number of hydrogen-bond donors (Lipinski definition) is 1. The minimum absolute atomic E-state index is 0.415. The highest BCUT2D eigenvalue weighted by Gasteiger charge is 2.24. The van der Waals surface area contributed by atoms with Gasteiger partial charge in [-0.25, -0.2) is 9.97 Å². The summed E-state index contributed by atoms with van der Waals surface area (Å²) in [5.74, 6) is 1.32. The van der Waals surface area contributed by atoms with Crippen molar-refractivity contribution < 1.29 is 0 Å². The van der Waals surface area contributed by atoms with Crippen molar-refractivity contribution in [2.45, 2.75) is 18.0 Å². The fourth-order valence-corrected chi connectivity index (χ4v) is 2.21. The van der Waals surface area contributed by atoms with E-state index < -0.39 is 0 Å². The molecule has 0 radical (unpaired) electrons. The van der Waals surface area contributed by atoms with Gasteiger partial charge >= 0.3 is 0 Å². The van der Waals surface area contributed by atoms with Crippen LogP contribution in [0.2, 0.25) is 5.15 Å². The molecule has 0 fully saturated rings. The Labute approximate surface area is 86.3 Å². The highest BCUT2D eigenvalue weighted by atomic mass is 35.5. The van der Waals surface area contributed by atoms with Gasteiger partial charge in [0.05, 0.1) is 0 Å². The maximum Gasteiger partial charge on any atom is 0.190 e. The highest BCUT2D eigenvalue weighted by molar-refractivity contribution is 7.98. The van der Waals surface area contributed by atoms with Crippen molar-refractivity contribution in [3.63, 3.8) is 0 Å². The van der Waals surface area contributed by atoms with Crippen LogP contribution in [0.1, 0.15) is 18.4 Å². The second kappa shape index (κ2) is 3.35. The van der Waals surface area contributed by atoms with Crippen molar-refractivity contribution in [3.05, 3.63) is 10.7 Å². The molecule has 1 aliphatic heterocycles. The molecule has 0 saturated heterocycles. The summed E-state index contributed by atoms with van der Waals surface area (Å²) in [5.41, 5.74) is 1.06. The van der Waals surface area contributed by atoms with Crippen molar-refractivity contribution in [2.24, 2.45) is 0 Å². The summed E-state index contributed by atoms with van der Waals surface area (Å²) in [6.45, 7) is 3.02. The van der Waals surface area contributed by atoms with Crippen LogP contribution in [0.15, 0.2) is 5.16 Å². The lowest BCUT2D eigenvalue weighted by molar-refractivity contribution is 0.842. The first kappa shape index (κ1) is 9.09. The Kier molecular flexibility index (Phi) is 2.34. The molecule has 2 heterocycles. The summed E-state index contributed by atoms with van der Waals surface area (Å²) < 4.78 is 0. The van der Waals surface area contributed by atoms with Crippen molar-refractivity contribution in [1.29, 1.82) is 0 Å². The van der Waals surface area contributed by atoms with E-state index in [2.05, 4.69) is 22.2 Å². The van der Waals surface area contributed by atoms with E-state index >= 15 is 0 Å². The van der Waals surface area contributed by atoms with Crippen molar-refractivity contribution >= 4 is 29.2 Å². The molecule has 3 nitrogen and oxygen atoms in total. The van der Waals surface area contributed by atoms with E-state index in [1.807, 2.05) is 6.26 Å². The molecular formula is C8H10ClN3S. The minimum Gasteiger partial charge on any atom is -0.369 e. The standard InChI is InChI=1S/C8H10ClN3S/c1-4-3-10-7-5(4)6(9)11-8(12-7)13-2/h4H,3H2,1-2H3,(H,10,11,12). The van der Waals surface area contributed by atoms with Gasteiger partial charge in [0.2, 0.25) is 0 Å². The summed E-state index contributed by atoms with van der Waals surface area (Å²) >= 11 is 7.55. The van der Waals surface area contributed by atoms with Crippen molar-refractivity contribution in [2.75, 3.05) is 18.1 Å². The predicted molar refractivity (Wildman–Crippen MR) is 55.7 cm³/mol. The third-order valence-electron chi connectivity index (χ3n) is 2.13. The molecule has 1 aromatic heterocycles. The second-order valence-corrected chi connectivity index (χ2v) is 4.18. The quantitative estimate of drug-likeness (QED) is 0.444. The van der Waals surface area contributed by atoms with E-state index in [9.17, 15) is 0 Å². The first-order valence-electron chi connectivity index (χ1n) is 4.07. The maximum absolute atomic E-state index is 6.04. The zero-order chi connectivity index (χ0) is 9.42. The molecule has 1 N–H and O–H groups in total. The summed E-state index contributed by atoms with van der Waals surface area (Å²) in [7, 11) is 0. The molecule has 1 aromatic rings. The molecular weight excluding hydrogens is 206 g/mol. The van der Waals surface area contributed by atoms with Crippen LogP contribution in [0.3, 0.4) is 0 Å². The molecule has 0 saturated carbocycles. The van der Waals surface area contributed by atoms with Gasteiger partial charge in [0.1, 0.15) is 11.0 Å². The van der Waals surface area contributed by atoms with E-state index in [1.54, 1.807) is 0 Å². The van der Waals surface area contributed by atoms with E-state index in [0.29, 0.717) is 11.1 Å². The van der Waals surface area contributed by atoms with Gasteiger partial charge in [-0.15, -0.1) is 0 Å². The Bertz CT molecular complexity index is 342. The van der Waals surface area contributed by atoms with Gasteiger partial charge in [0.15, 0.2) is 5.16 Å². The van der Waals surface area contributed by atoms with E-state index in [-0.39, 0.29) is 0 Å². The lowest BCUT2D eigenvalue weighted by Gasteiger charge is -2.04. The Morgan fingerprint density at radius 1 is 1.54 bits per heavy atom. The SMILES string of the molecule is CSc1nc(Cl)c2c(n1)NCC2C. The van der Waals surface area contributed by atoms with Crippen LogP contribution in [0, 0.1) is 0 Å². The number of nitrogens with zero attached hydrogens (tertiary/aromatic N) is 2. The second-order valence-electron chi connectivity index (χ2n) is 3.05. The third-order valence-corrected chi connectivity index (χ3v) is 2.97. The van der Waals surface area contributed by atoms with Gasteiger partial charge in [0.25, 0.3) is 0 Å². The van der Waals surface area contributed by atoms with Gasteiger partial charge in [-0.05, 0) is 6.26 Å². The molecule has 0 aliphatic carbocycles. The van der Waals surface area contributed by atoms with Crippen molar-refractivity contribution in [3.8, 4) is 0 Å². The average molecular weight is 216 g/mol. The lowest BCUT2D eigenvalue weighted by Crippen LogP contribution is -1.96. The molecule has 13 heavy (non-hydrogen) atoms. The van der Waals surface area contributed by atoms with Gasteiger partial charge < -0.3 is 5.32 Å². The van der Waals surface area contributed by atoms with Gasteiger partial charge in [-0.2, -0.15) is 0 Å². The monoisotopic (exact) mass is 215 g/mol. The van der Waals surface area contributed by atoms with Crippen LogP contribution in [-0.2, 0) is 0 Å². The molecule has 1 unspecified atom stereocenters. The van der Waals surface area contributed by atoms with Crippen LogP contribution in [0.4, 0.5) is 5.82 Å². The first-order chi connectivity index (χ1) is 6.22. The van der Waals surface area contributed by atoms with Crippen LogP contribution in [-0.4, -0.2) is 22.8 Å². The van der Waals surface area contributed by atoms with Gasteiger partial charge in [0, 0.05) is 18.0 Å². The summed E-state index contributed by atoms with van der Waals surface area (Å²) in [6, 6.07) is 0. The Hall–Kier alpha value is -0.480. The minimum atomic E-state index is 0.415. The Balaban J connectivity index is 2.53. The molecule has 70 valence electrons. The number of rotatable bonds is 1. The van der Waals surface area contributed by atoms with E-state index in [0.717, 1.165) is 23.1 Å². The topological polar surface area (TPSA) is 37.8 Å². The fraction of sp³-hybridized carbons (Fsp3) is 0.500. The zero-order valence-electron chi connectivity index (χ0n) is 7.47. The summed E-state index contributed by atoms with van der Waals surface area (Å²) in [5, 5.41) is 4.53. The van der Waals surface area contributed by atoms with Crippen LogP contribution in [0.25, 0.3) is 0 Å². The van der Waals surface area contributed by atoms with Crippen molar-refractivity contribution in [1.82, 2.24) is 9.97 Å². The predicted octanol–water partition coefficient (Wildman–Crippen LogP) is 2.38. The smallest absolute Gasteiger partial charge is 0.190 e. The molecule has 1 atom stereocenters.